The van der Waals surface area contributed by atoms with Crippen molar-refractivity contribution >= 4 is 11.7 Å². The van der Waals surface area contributed by atoms with E-state index in [0.717, 1.165) is 0 Å². The summed E-state index contributed by atoms with van der Waals surface area (Å²) in [5.74, 6) is -1.48. The van der Waals surface area contributed by atoms with E-state index in [2.05, 4.69) is 0 Å². The Bertz CT molecular complexity index is 848. The predicted octanol–water partition coefficient (Wildman–Crippen LogP) is 2.55. The number of nitrogens with two attached hydrogens (primary N) is 1. The fraction of sp³-hybridized carbons (Fsp3) is 0.294. The molecule has 1 aromatic rings. The second-order valence-corrected chi connectivity index (χ2v) is 5.41. The van der Waals surface area contributed by atoms with Crippen LogP contribution in [0, 0.1) is 28.4 Å². The number of hydrogen-bond donors (Lipinski definition) is 1. The number of allylic oxidation sites excluding steroid dienone is 2. The van der Waals surface area contributed by atoms with E-state index in [0.29, 0.717) is 11.1 Å². The van der Waals surface area contributed by atoms with Crippen LogP contribution in [0.5, 0.6) is 0 Å². The number of carbonyl (C=O) groups excluding carboxylic acids is 1. The van der Waals surface area contributed by atoms with E-state index in [1.165, 1.54) is 19.1 Å². The Morgan fingerprint density at radius 2 is 2.16 bits per heavy atom. The van der Waals surface area contributed by atoms with Gasteiger partial charge in [0.2, 0.25) is 5.88 Å². The largest absolute Gasteiger partial charge is 0.463 e. The van der Waals surface area contributed by atoms with Crippen molar-refractivity contribution in [2.24, 2.45) is 5.73 Å². The fourth-order valence-corrected chi connectivity index (χ4v) is 2.72. The van der Waals surface area contributed by atoms with Gasteiger partial charge in [-0.25, -0.2) is 4.79 Å². The first kappa shape index (κ1) is 18.0. The Morgan fingerprint density at radius 3 is 2.72 bits per heavy atom. The summed E-state index contributed by atoms with van der Waals surface area (Å²) in [6, 6.07) is 6.20. The molecule has 2 rings (SSSR count). The lowest BCUT2D eigenvalue weighted by molar-refractivity contribution is -0.384. The Morgan fingerprint density at radius 1 is 1.48 bits per heavy atom. The number of ether oxygens (including phenoxy) is 2. The maximum absolute atomic E-state index is 12.4. The summed E-state index contributed by atoms with van der Waals surface area (Å²) in [7, 11) is 0. The van der Waals surface area contributed by atoms with Gasteiger partial charge < -0.3 is 15.2 Å². The van der Waals surface area contributed by atoms with Crippen LogP contribution < -0.4 is 5.73 Å². The quantitative estimate of drug-likeness (QED) is 0.505. The maximum Gasteiger partial charge on any atom is 0.338 e. The molecule has 0 amide bonds. The first-order chi connectivity index (χ1) is 11.8. The fourth-order valence-electron chi connectivity index (χ4n) is 2.72. The van der Waals surface area contributed by atoms with Gasteiger partial charge in [0, 0.05) is 12.1 Å². The number of carbonyl (C=O) groups is 1. The molecule has 0 spiro atoms. The van der Waals surface area contributed by atoms with Gasteiger partial charge >= 0.3 is 5.97 Å². The topological polar surface area (TPSA) is 128 Å². The van der Waals surface area contributed by atoms with Crippen LogP contribution in [0.4, 0.5) is 5.69 Å². The van der Waals surface area contributed by atoms with Gasteiger partial charge in [-0.3, -0.25) is 10.1 Å². The highest BCUT2D eigenvalue weighted by molar-refractivity contribution is 5.92. The van der Waals surface area contributed by atoms with Crippen molar-refractivity contribution in [3.63, 3.8) is 0 Å². The zero-order valence-electron chi connectivity index (χ0n) is 14.0. The van der Waals surface area contributed by atoms with Crippen molar-refractivity contribution in [2.45, 2.75) is 26.7 Å². The Hall–Kier alpha value is -3.34. The van der Waals surface area contributed by atoms with E-state index in [-0.39, 0.29) is 35.1 Å². The molecule has 1 aliphatic rings. The minimum absolute atomic E-state index is 0.0113. The molecule has 25 heavy (non-hydrogen) atoms. The average molecular weight is 343 g/mol. The number of nitro groups is 1. The lowest BCUT2D eigenvalue weighted by atomic mass is 9.81. The van der Waals surface area contributed by atoms with Crippen molar-refractivity contribution in [1.82, 2.24) is 0 Å². The molecule has 0 bridgehead atoms. The highest BCUT2D eigenvalue weighted by atomic mass is 16.6. The van der Waals surface area contributed by atoms with Crippen LogP contribution in [0.3, 0.4) is 0 Å². The first-order valence-corrected chi connectivity index (χ1v) is 7.52. The third-order valence-corrected chi connectivity index (χ3v) is 3.89. The van der Waals surface area contributed by atoms with Crippen LogP contribution in [0.25, 0.3) is 0 Å². The molecule has 2 N–H and O–H groups in total. The molecular formula is C17H17N3O5. The van der Waals surface area contributed by atoms with Crippen LogP contribution in [0.2, 0.25) is 0 Å². The standard InChI is InChI=1S/C17H17N3O5/c1-4-24-17(21)14-10(3)25-16(19)13(8-18)15(14)12-7-11(20(22)23)6-5-9(12)2/h5-7,15H,4,19H2,1-3H3. The molecule has 8 heteroatoms. The molecule has 8 nitrogen and oxygen atoms in total. The monoisotopic (exact) mass is 343 g/mol. The molecule has 0 radical (unpaired) electrons. The van der Waals surface area contributed by atoms with Gasteiger partial charge in [-0.15, -0.1) is 0 Å². The Labute approximate surface area is 144 Å². The molecule has 0 saturated heterocycles. The van der Waals surface area contributed by atoms with E-state index in [4.69, 9.17) is 15.2 Å². The third kappa shape index (κ3) is 3.30. The van der Waals surface area contributed by atoms with E-state index >= 15 is 0 Å². The maximum atomic E-state index is 12.4. The number of nitro benzene ring substituents is 1. The van der Waals surface area contributed by atoms with Crippen LogP contribution in [-0.2, 0) is 14.3 Å². The molecule has 1 atom stereocenters. The van der Waals surface area contributed by atoms with Gasteiger partial charge in [-0.1, -0.05) is 6.07 Å². The SMILES string of the molecule is CCOC(=O)C1=C(C)OC(N)=C(C#N)C1c1cc([N+](=O)[O-])ccc1C. The normalized spacial score (nSPS) is 17.0. The molecular weight excluding hydrogens is 326 g/mol. The number of aryl methyl sites for hydroxylation is 1. The summed E-state index contributed by atoms with van der Waals surface area (Å²) in [6.45, 7) is 5.06. The lowest BCUT2D eigenvalue weighted by Gasteiger charge is -2.27. The third-order valence-electron chi connectivity index (χ3n) is 3.89. The van der Waals surface area contributed by atoms with Crippen LogP contribution in [0.1, 0.15) is 30.9 Å². The van der Waals surface area contributed by atoms with E-state index in [1.807, 2.05) is 6.07 Å². The number of hydrogen-bond acceptors (Lipinski definition) is 7. The van der Waals surface area contributed by atoms with E-state index < -0.39 is 16.8 Å². The Kier molecular flexibility index (Phi) is 5.08. The van der Waals surface area contributed by atoms with Crippen LogP contribution in [-0.4, -0.2) is 17.5 Å². The van der Waals surface area contributed by atoms with E-state index in [9.17, 15) is 20.2 Å². The van der Waals surface area contributed by atoms with Crippen LogP contribution in [0.15, 0.2) is 41.0 Å². The molecule has 0 aromatic heterocycles. The van der Waals surface area contributed by atoms with Gasteiger partial charge in [0.25, 0.3) is 5.69 Å². The molecule has 1 aromatic carbocycles. The molecule has 0 saturated carbocycles. The zero-order valence-corrected chi connectivity index (χ0v) is 14.0. The number of benzene rings is 1. The van der Waals surface area contributed by atoms with Crippen molar-refractivity contribution in [1.29, 1.82) is 5.26 Å². The smallest absolute Gasteiger partial charge is 0.338 e. The summed E-state index contributed by atoms with van der Waals surface area (Å²) >= 11 is 0. The minimum atomic E-state index is -0.891. The summed E-state index contributed by atoms with van der Waals surface area (Å²) in [4.78, 5) is 23.0. The van der Waals surface area contributed by atoms with Crippen molar-refractivity contribution in [3.8, 4) is 6.07 Å². The summed E-state index contributed by atoms with van der Waals surface area (Å²) in [5.41, 5.74) is 6.88. The zero-order chi connectivity index (χ0) is 18.7. The van der Waals surface area contributed by atoms with Crippen molar-refractivity contribution < 1.29 is 19.2 Å². The molecule has 0 aliphatic carbocycles. The molecule has 0 fully saturated rings. The minimum Gasteiger partial charge on any atom is -0.463 e. The summed E-state index contributed by atoms with van der Waals surface area (Å²) in [6.07, 6.45) is 0. The predicted molar refractivity (Wildman–Crippen MR) is 87.8 cm³/mol. The average Bonchev–Trinajstić information content (AvgIpc) is 2.54. The lowest BCUT2D eigenvalue weighted by Crippen LogP contribution is -2.26. The van der Waals surface area contributed by atoms with Crippen LogP contribution >= 0.6 is 0 Å². The van der Waals surface area contributed by atoms with Crippen molar-refractivity contribution in [3.05, 3.63) is 62.2 Å². The van der Waals surface area contributed by atoms with E-state index in [1.54, 1.807) is 19.9 Å². The number of esters is 1. The molecule has 1 heterocycles. The van der Waals surface area contributed by atoms with Gasteiger partial charge in [-0.2, -0.15) is 5.26 Å². The highest BCUT2D eigenvalue weighted by Crippen LogP contribution is 2.41. The Balaban J connectivity index is 2.73. The van der Waals surface area contributed by atoms with Gasteiger partial charge in [0.05, 0.1) is 23.0 Å². The number of non-ortho nitro benzene ring substituents is 1. The highest BCUT2D eigenvalue weighted by Gasteiger charge is 2.37. The molecule has 130 valence electrons. The van der Waals surface area contributed by atoms with Gasteiger partial charge in [0.1, 0.15) is 17.4 Å². The number of nitriles is 1. The number of nitrogens with zero attached hydrogens (tertiary/aromatic N) is 2. The summed E-state index contributed by atoms with van der Waals surface area (Å²) < 4.78 is 10.4. The molecule has 1 unspecified atom stereocenters. The number of rotatable bonds is 4. The van der Waals surface area contributed by atoms with Gasteiger partial charge in [0.15, 0.2) is 0 Å². The second-order valence-electron chi connectivity index (χ2n) is 5.41. The van der Waals surface area contributed by atoms with Crippen molar-refractivity contribution in [2.75, 3.05) is 6.61 Å². The summed E-state index contributed by atoms with van der Waals surface area (Å²) in [5, 5.41) is 20.6. The first-order valence-electron chi connectivity index (χ1n) is 7.52. The van der Waals surface area contributed by atoms with Gasteiger partial charge in [-0.05, 0) is 31.9 Å². The molecule has 1 aliphatic heterocycles. The second kappa shape index (κ2) is 7.05.